The standard InChI is InChI=1S/C24H33N5O5/c1-14(2)12-28-21-15(5-8-18(30)27-10-9-16(13-27)24(3,4)34)11-25-29(21)23(33)19(22(28)32)20(31)26-17-6-7-17/h5,8,11,14,16-17,33-34H,6-7,9-10,12-13H2,1-4H3,(H,26,31). The Balaban J connectivity index is 1.68. The molecule has 1 unspecified atom stereocenters. The van der Waals surface area contributed by atoms with Crippen LogP contribution in [0.2, 0.25) is 0 Å². The van der Waals surface area contributed by atoms with E-state index < -0.39 is 22.9 Å². The molecule has 1 saturated heterocycles. The highest BCUT2D eigenvalue weighted by Crippen LogP contribution is 2.28. The molecule has 2 aromatic heterocycles. The lowest BCUT2D eigenvalue weighted by atomic mass is 9.90. The summed E-state index contributed by atoms with van der Waals surface area (Å²) in [6.07, 6.45) is 6.88. The summed E-state index contributed by atoms with van der Waals surface area (Å²) in [5.74, 6) is -1.23. The number of nitrogens with zero attached hydrogens (tertiary/aromatic N) is 4. The van der Waals surface area contributed by atoms with E-state index in [2.05, 4.69) is 10.4 Å². The lowest BCUT2D eigenvalue weighted by Crippen LogP contribution is -2.36. The molecule has 1 atom stereocenters. The van der Waals surface area contributed by atoms with Crippen molar-refractivity contribution in [2.45, 2.75) is 65.1 Å². The Kier molecular flexibility index (Phi) is 6.28. The van der Waals surface area contributed by atoms with Gasteiger partial charge in [0, 0.05) is 43.2 Å². The Morgan fingerprint density at radius 3 is 2.59 bits per heavy atom. The molecule has 0 aromatic carbocycles. The van der Waals surface area contributed by atoms with Gasteiger partial charge < -0.3 is 20.4 Å². The average Bonchev–Trinajstić information content (AvgIpc) is 3.25. The fourth-order valence-corrected chi connectivity index (χ4v) is 4.35. The Morgan fingerprint density at radius 2 is 2.00 bits per heavy atom. The first kappa shape index (κ1) is 24.0. The van der Waals surface area contributed by atoms with E-state index in [0.717, 1.165) is 19.3 Å². The topological polar surface area (TPSA) is 129 Å². The summed E-state index contributed by atoms with van der Waals surface area (Å²) in [6.45, 7) is 8.74. The Labute approximate surface area is 197 Å². The number of fused-ring (bicyclic) bond motifs is 1. The number of aromatic nitrogens is 3. The summed E-state index contributed by atoms with van der Waals surface area (Å²) < 4.78 is 2.61. The molecule has 2 aliphatic rings. The number of aliphatic hydroxyl groups is 1. The maximum Gasteiger partial charge on any atom is 0.270 e. The third-order valence-corrected chi connectivity index (χ3v) is 6.50. The zero-order valence-corrected chi connectivity index (χ0v) is 20.1. The van der Waals surface area contributed by atoms with Gasteiger partial charge in [0.15, 0.2) is 5.56 Å². The number of amides is 2. The van der Waals surface area contributed by atoms with Gasteiger partial charge in [0.25, 0.3) is 11.5 Å². The Hall–Kier alpha value is -3.14. The lowest BCUT2D eigenvalue weighted by Gasteiger charge is -2.25. The molecular weight excluding hydrogens is 438 g/mol. The molecule has 2 fully saturated rings. The summed E-state index contributed by atoms with van der Waals surface area (Å²) in [5, 5.41) is 28.0. The van der Waals surface area contributed by atoms with Gasteiger partial charge in [-0.05, 0) is 45.1 Å². The number of likely N-dealkylation sites (tertiary alicyclic amines) is 1. The molecule has 1 aliphatic carbocycles. The zero-order chi connectivity index (χ0) is 24.8. The van der Waals surface area contributed by atoms with Gasteiger partial charge in [-0.1, -0.05) is 13.8 Å². The van der Waals surface area contributed by atoms with Gasteiger partial charge in [-0.25, -0.2) is 0 Å². The predicted octanol–water partition coefficient (Wildman–Crippen LogP) is 1.38. The van der Waals surface area contributed by atoms with E-state index in [1.54, 1.807) is 24.8 Å². The third kappa shape index (κ3) is 4.72. The van der Waals surface area contributed by atoms with Crippen LogP contribution < -0.4 is 10.9 Å². The Morgan fingerprint density at radius 1 is 1.29 bits per heavy atom. The van der Waals surface area contributed by atoms with Gasteiger partial charge in [0.05, 0.1) is 11.8 Å². The van der Waals surface area contributed by atoms with Crippen LogP contribution in [0.3, 0.4) is 0 Å². The second-order valence-corrected chi connectivity index (χ2v) is 10.3. The number of hydrogen-bond acceptors (Lipinski definition) is 6. The minimum absolute atomic E-state index is 0.00945. The van der Waals surface area contributed by atoms with E-state index in [1.807, 2.05) is 13.8 Å². The van der Waals surface area contributed by atoms with E-state index in [4.69, 9.17) is 0 Å². The van der Waals surface area contributed by atoms with Crippen LogP contribution >= 0.6 is 0 Å². The summed E-state index contributed by atoms with van der Waals surface area (Å²) in [5.41, 5.74) is -0.974. The molecule has 0 radical (unpaired) electrons. The first-order chi connectivity index (χ1) is 16.0. The van der Waals surface area contributed by atoms with Crippen LogP contribution in [0, 0.1) is 11.8 Å². The summed E-state index contributed by atoms with van der Waals surface area (Å²) in [4.78, 5) is 40.4. The van der Waals surface area contributed by atoms with Crippen molar-refractivity contribution >= 4 is 23.5 Å². The van der Waals surface area contributed by atoms with Gasteiger partial charge in [0.2, 0.25) is 11.8 Å². The van der Waals surface area contributed by atoms with Crippen molar-refractivity contribution in [1.82, 2.24) is 24.4 Å². The number of rotatable bonds is 7. The fraction of sp³-hybridized carbons (Fsp3) is 0.583. The van der Waals surface area contributed by atoms with Crippen LogP contribution in [0.25, 0.3) is 11.7 Å². The predicted molar refractivity (Wildman–Crippen MR) is 126 cm³/mol. The van der Waals surface area contributed by atoms with Crippen molar-refractivity contribution in [3.8, 4) is 5.88 Å². The van der Waals surface area contributed by atoms with E-state index in [-0.39, 0.29) is 29.3 Å². The molecule has 0 bridgehead atoms. The van der Waals surface area contributed by atoms with Crippen LogP contribution in [0.4, 0.5) is 0 Å². The number of carbonyl (C=O) groups excluding carboxylic acids is 2. The first-order valence-electron chi connectivity index (χ1n) is 11.8. The number of carbonyl (C=O) groups is 2. The van der Waals surface area contributed by atoms with Gasteiger partial charge in [-0.3, -0.25) is 19.0 Å². The summed E-state index contributed by atoms with van der Waals surface area (Å²) in [7, 11) is 0. The van der Waals surface area contributed by atoms with Crippen molar-refractivity contribution in [3.05, 3.63) is 33.8 Å². The molecule has 184 valence electrons. The molecule has 1 saturated carbocycles. The minimum atomic E-state index is -0.852. The average molecular weight is 472 g/mol. The smallest absolute Gasteiger partial charge is 0.270 e. The second-order valence-electron chi connectivity index (χ2n) is 10.3. The highest BCUT2D eigenvalue weighted by molar-refractivity contribution is 5.97. The van der Waals surface area contributed by atoms with Crippen molar-refractivity contribution in [2.75, 3.05) is 13.1 Å². The van der Waals surface area contributed by atoms with E-state index in [9.17, 15) is 24.6 Å². The molecule has 10 nitrogen and oxygen atoms in total. The van der Waals surface area contributed by atoms with Crippen LogP contribution in [-0.4, -0.2) is 65.8 Å². The molecule has 2 aromatic rings. The quantitative estimate of drug-likeness (QED) is 0.523. The molecule has 3 N–H and O–H groups in total. The monoisotopic (exact) mass is 471 g/mol. The molecule has 4 rings (SSSR count). The number of aromatic hydroxyl groups is 1. The second kappa shape index (κ2) is 8.90. The highest BCUT2D eigenvalue weighted by atomic mass is 16.3. The van der Waals surface area contributed by atoms with E-state index in [0.29, 0.717) is 30.8 Å². The maximum atomic E-state index is 13.3. The van der Waals surface area contributed by atoms with Crippen molar-refractivity contribution < 1.29 is 19.8 Å². The Bertz CT molecular complexity index is 1200. The van der Waals surface area contributed by atoms with Crippen molar-refractivity contribution in [2.24, 2.45) is 11.8 Å². The highest BCUT2D eigenvalue weighted by Gasteiger charge is 2.35. The van der Waals surface area contributed by atoms with Crippen molar-refractivity contribution in [3.63, 3.8) is 0 Å². The third-order valence-electron chi connectivity index (χ3n) is 6.50. The molecule has 0 spiro atoms. The number of nitrogens with one attached hydrogen (secondary N) is 1. The molecule has 2 amide bonds. The molecular formula is C24H33N5O5. The first-order valence-corrected chi connectivity index (χ1v) is 11.8. The minimum Gasteiger partial charge on any atom is -0.492 e. The van der Waals surface area contributed by atoms with Gasteiger partial charge >= 0.3 is 0 Å². The van der Waals surface area contributed by atoms with Crippen LogP contribution in [-0.2, 0) is 11.3 Å². The van der Waals surface area contributed by atoms with Gasteiger partial charge in [-0.2, -0.15) is 9.61 Å². The van der Waals surface area contributed by atoms with Crippen LogP contribution in [0.1, 0.15) is 62.9 Å². The lowest BCUT2D eigenvalue weighted by molar-refractivity contribution is -0.125. The molecule has 3 heterocycles. The van der Waals surface area contributed by atoms with Crippen LogP contribution in [0.15, 0.2) is 17.1 Å². The number of hydrogen-bond donors (Lipinski definition) is 3. The van der Waals surface area contributed by atoms with Gasteiger partial charge in [-0.15, -0.1) is 0 Å². The van der Waals surface area contributed by atoms with E-state index >= 15 is 0 Å². The zero-order valence-electron chi connectivity index (χ0n) is 20.1. The molecule has 10 heteroatoms. The van der Waals surface area contributed by atoms with Crippen molar-refractivity contribution in [1.29, 1.82) is 0 Å². The largest absolute Gasteiger partial charge is 0.492 e. The SMILES string of the molecule is CC(C)Cn1c(=O)c(C(=O)NC2CC2)c(O)n2ncc(C=CC(=O)N3CCC(C(C)(C)O)C3)c12. The molecule has 1 aliphatic heterocycles. The van der Waals surface area contributed by atoms with E-state index in [1.165, 1.54) is 21.4 Å². The summed E-state index contributed by atoms with van der Waals surface area (Å²) in [6, 6.07) is 0.0317. The molecule has 34 heavy (non-hydrogen) atoms. The maximum absolute atomic E-state index is 13.3. The summed E-state index contributed by atoms with van der Waals surface area (Å²) >= 11 is 0. The van der Waals surface area contributed by atoms with Crippen LogP contribution in [0.5, 0.6) is 5.88 Å². The fourth-order valence-electron chi connectivity index (χ4n) is 4.35. The normalized spacial score (nSPS) is 19.0. The van der Waals surface area contributed by atoms with Gasteiger partial charge in [0.1, 0.15) is 5.65 Å².